The highest BCUT2D eigenvalue weighted by molar-refractivity contribution is 6.58. The average Bonchev–Trinajstić information content (AvgIpc) is 2.29. The monoisotopic (exact) mass is 251 g/mol. The number of nitrogens with one attached hydrogen (secondary N) is 1. The molecule has 0 spiro atoms. The first-order chi connectivity index (χ1) is 8.36. The van der Waals surface area contributed by atoms with E-state index < -0.39 is 12.5 Å². The molecule has 98 valence electrons. The van der Waals surface area contributed by atoms with Crippen LogP contribution in [0.4, 0.5) is 0 Å². The number of hydrogen-bond donors (Lipinski definition) is 3. The van der Waals surface area contributed by atoms with Crippen LogP contribution in [0.5, 0.6) is 0 Å². The molecule has 1 aromatic carbocycles. The Morgan fingerprint density at radius 2 is 1.89 bits per heavy atom. The lowest BCUT2D eigenvalue weighted by Crippen LogP contribution is -2.33. The highest BCUT2D eigenvalue weighted by Crippen LogP contribution is 2.22. The number of benzene rings is 1. The molecule has 0 unspecified atom stereocenters. The highest BCUT2D eigenvalue weighted by Gasteiger charge is 2.30. The molecule has 0 heterocycles. The van der Waals surface area contributed by atoms with E-state index in [2.05, 4.69) is 5.48 Å². The molecule has 1 rings (SSSR count). The second-order valence-corrected chi connectivity index (χ2v) is 4.77. The summed E-state index contributed by atoms with van der Waals surface area (Å²) < 4.78 is 0. The van der Waals surface area contributed by atoms with E-state index in [1.807, 2.05) is 0 Å². The molecular weight excluding hydrogens is 233 g/mol. The highest BCUT2D eigenvalue weighted by atomic mass is 16.7. The van der Waals surface area contributed by atoms with Crippen LogP contribution in [0.3, 0.4) is 0 Å². The van der Waals surface area contributed by atoms with Gasteiger partial charge in [-0.3, -0.25) is 0 Å². The molecule has 0 aliphatic heterocycles. The maximum Gasteiger partial charge on any atom is 0.488 e. The van der Waals surface area contributed by atoms with Crippen molar-refractivity contribution in [2.75, 3.05) is 7.05 Å². The zero-order valence-corrected chi connectivity index (χ0v) is 10.8. The van der Waals surface area contributed by atoms with Gasteiger partial charge in [-0.2, -0.15) is 5.48 Å². The van der Waals surface area contributed by atoms with Crippen molar-refractivity contribution in [1.29, 1.82) is 0 Å². The molecule has 5 nitrogen and oxygen atoms in total. The molecule has 0 atom stereocenters. The summed E-state index contributed by atoms with van der Waals surface area (Å²) in [6, 6.07) is 6.78. The Morgan fingerprint density at radius 3 is 2.33 bits per heavy atom. The zero-order chi connectivity index (χ0) is 13.8. The SMILES string of the molecule is CNOC(=O)C(C)(C)Cc1ccc(B(O)O)cc1. The Morgan fingerprint density at radius 1 is 1.33 bits per heavy atom. The maximum atomic E-state index is 11.7. The standard InChI is InChI=1S/C12H18BNO4/c1-12(2,11(15)18-14-3)8-9-4-6-10(7-5-9)13(16)17/h4-7,14,16-17H,8H2,1-3H3. The molecule has 0 fully saturated rings. The molecule has 3 N–H and O–H groups in total. The summed E-state index contributed by atoms with van der Waals surface area (Å²) in [5.41, 5.74) is 3.07. The van der Waals surface area contributed by atoms with Crippen LogP contribution in [0.2, 0.25) is 0 Å². The van der Waals surface area contributed by atoms with E-state index in [1.54, 1.807) is 38.1 Å². The van der Waals surface area contributed by atoms with Crippen molar-refractivity contribution in [2.45, 2.75) is 20.3 Å². The van der Waals surface area contributed by atoms with Gasteiger partial charge in [0.05, 0.1) is 5.41 Å². The van der Waals surface area contributed by atoms with Gasteiger partial charge in [0.2, 0.25) is 0 Å². The van der Waals surface area contributed by atoms with Gasteiger partial charge in [-0.15, -0.1) is 0 Å². The summed E-state index contributed by atoms with van der Waals surface area (Å²) in [5.74, 6) is -0.337. The maximum absolute atomic E-state index is 11.7. The molecular formula is C12H18BNO4. The molecule has 6 heteroatoms. The first-order valence-electron chi connectivity index (χ1n) is 5.70. The van der Waals surface area contributed by atoms with E-state index in [0.29, 0.717) is 11.9 Å². The van der Waals surface area contributed by atoms with Gasteiger partial charge in [0.25, 0.3) is 0 Å². The summed E-state index contributed by atoms with van der Waals surface area (Å²) in [4.78, 5) is 16.5. The van der Waals surface area contributed by atoms with Crippen LogP contribution in [0.1, 0.15) is 19.4 Å². The number of hydroxylamine groups is 1. The van der Waals surface area contributed by atoms with Gasteiger partial charge in [-0.1, -0.05) is 24.3 Å². The smallest absolute Gasteiger partial charge is 0.423 e. The summed E-state index contributed by atoms with van der Waals surface area (Å²) in [5, 5.41) is 18.0. The quantitative estimate of drug-likeness (QED) is 0.490. The number of carbonyl (C=O) groups is 1. The molecule has 0 aliphatic carbocycles. The summed E-state index contributed by atoms with van der Waals surface area (Å²) in [6.45, 7) is 3.59. The average molecular weight is 251 g/mol. The van der Waals surface area contributed by atoms with Crippen molar-refractivity contribution < 1.29 is 19.7 Å². The van der Waals surface area contributed by atoms with E-state index in [1.165, 1.54) is 7.05 Å². The zero-order valence-electron chi connectivity index (χ0n) is 10.8. The summed E-state index contributed by atoms with van der Waals surface area (Å²) >= 11 is 0. The minimum atomic E-state index is -1.47. The Bertz CT molecular complexity index is 403. The molecule has 1 aromatic rings. The van der Waals surface area contributed by atoms with Crippen LogP contribution in [0.15, 0.2) is 24.3 Å². The molecule has 0 aliphatic rings. The third kappa shape index (κ3) is 3.84. The van der Waals surface area contributed by atoms with Gasteiger partial charge in [0.15, 0.2) is 0 Å². The second-order valence-electron chi connectivity index (χ2n) is 4.77. The minimum Gasteiger partial charge on any atom is -0.423 e. The van der Waals surface area contributed by atoms with Gasteiger partial charge < -0.3 is 14.9 Å². The van der Waals surface area contributed by atoms with Crippen molar-refractivity contribution in [3.63, 3.8) is 0 Å². The third-order valence-electron chi connectivity index (χ3n) is 2.67. The minimum absolute atomic E-state index is 0.337. The van der Waals surface area contributed by atoms with Crippen molar-refractivity contribution in [3.8, 4) is 0 Å². The van der Waals surface area contributed by atoms with Crippen LogP contribution >= 0.6 is 0 Å². The first kappa shape index (κ1) is 14.7. The number of carbonyl (C=O) groups excluding carboxylic acids is 1. The van der Waals surface area contributed by atoms with Gasteiger partial charge in [-0.25, -0.2) is 4.79 Å². The normalized spacial score (nSPS) is 11.2. The Labute approximate surface area is 107 Å². The van der Waals surface area contributed by atoms with E-state index >= 15 is 0 Å². The predicted molar refractivity (Wildman–Crippen MR) is 68.9 cm³/mol. The third-order valence-corrected chi connectivity index (χ3v) is 2.67. The van der Waals surface area contributed by atoms with Crippen LogP contribution < -0.4 is 10.9 Å². The molecule has 0 aromatic heterocycles. The van der Waals surface area contributed by atoms with Crippen LogP contribution in [-0.2, 0) is 16.1 Å². The van der Waals surface area contributed by atoms with Crippen molar-refractivity contribution in [2.24, 2.45) is 5.41 Å². The van der Waals surface area contributed by atoms with Gasteiger partial charge in [0, 0.05) is 7.05 Å². The second kappa shape index (κ2) is 5.99. The van der Waals surface area contributed by atoms with E-state index in [-0.39, 0.29) is 5.97 Å². The molecule has 0 saturated heterocycles. The fourth-order valence-corrected chi connectivity index (χ4v) is 1.62. The van der Waals surface area contributed by atoms with E-state index in [9.17, 15) is 4.79 Å². The Kier molecular flexibility index (Phi) is 4.89. The van der Waals surface area contributed by atoms with Crippen molar-refractivity contribution in [3.05, 3.63) is 29.8 Å². The summed E-state index contributed by atoms with van der Waals surface area (Å²) in [7, 11) is 0.0621. The molecule has 18 heavy (non-hydrogen) atoms. The fraction of sp³-hybridized carbons (Fsp3) is 0.417. The number of hydrogen-bond acceptors (Lipinski definition) is 5. The van der Waals surface area contributed by atoms with E-state index in [4.69, 9.17) is 14.9 Å². The predicted octanol–water partition coefficient (Wildman–Crippen LogP) is -0.387. The van der Waals surface area contributed by atoms with E-state index in [0.717, 1.165) is 5.56 Å². The molecule has 0 amide bonds. The Hall–Kier alpha value is -1.37. The van der Waals surface area contributed by atoms with Crippen molar-refractivity contribution >= 4 is 18.6 Å². The Balaban J connectivity index is 2.75. The lowest BCUT2D eigenvalue weighted by Gasteiger charge is -2.21. The summed E-state index contributed by atoms with van der Waals surface area (Å²) in [6.07, 6.45) is 0.509. The molecule has 0 saturated carbocycles. The van der Waals surface area contributed by atoms with Crippen LogP contribution in [0.25, 0.3) is 0 Å². The lowest BCUT2D eigenvalue weighted by atomic mass is 9.79. The fourth-order valence-electron chi connectivity index (χ4n) is 1.62. The lowest BCUT2D eigenvalue weighted by molar-refractivity contribution is -0.160. The molecule has 0 radical (unpaired) electrons. The topological polar surface area (TPSA) is 78.8 Å². The van der Waals surface area contributed by atoms with Gasteiger partial charge in [0.1, 0.15) is 0 Å². The molecule has 0 bridgehead atoms. The van der Waals surface area contributed by atoms with Crippen molar-refractivity contribution in [1.82, 2.24) is 5.48 Å². The number of rotatable bonds is 5. The van der Waals surface area contributed by atoms with Crippen LogP contribution in [0, 0.1) is 5.41 Å². The largest absolute Gasteiger partial charge is 0.488 e. The van der Waals surface area contributed by atoms with Gasteiger partial charge >= 0.3 is 13.1 Å². The van der Waals surface area contributed by atoms with Crippen LogP contribution in [-0.4, -0.2) is 30.2 Å². The van der Waals surface area contributed by atoms with Gasteiger partial charge in [-0.05, 0) is 31.3 Å². The first-order valence-corrected chi connectivity index (χ1v) is 5.70.